The van der Waals surface area contributed by atoms with E-state index in [4.69, 9.17) is 16.3 Å². The van der Waals surface area contributed by atoms with E-state index in [2.05, 4.69) is 40.0 Å². The van der Waals surface area contributed by atoms with Crippen molar-refractivity contribution in [3.8, 4) is 5.75 Å². The van der Waals surface area contributed by atoms with Gasteiger partial charge in [-0.3, -0.25) is 4.18 Å². The number of sulfone groups is 1. The van der Waals surface area contributed by atoms with Crippen LogP contribution in [-0.2, 0) is 44.7 Å². The van der Waals surface area contributed by atoms with Crippen molar-refractivity contribution >= 4 is 97.5 Å². The van der Waals surface area contributed by atoms with Gasteiger partial charge in [-0.15, -0.1) is 0 Å². The number of methoxy groups -OCH3 is 1. The first-order valence-corrected chi connectivity index (χ1v) is 20.8. The van der Waals surface area contributed by atoms with Gasteiger partial charge in [-0.1, -0.05) is 18.2 Å². The zero-order valence-electron chi connectivity index (χ0n) is 30.3. The number of nitrogens with one attached hydrogen (secondary N) is 2. The Morgan fingerprint density at radius 1 is 0.737 bits per heavy atom. The number of aryl methyl sites for hydroxylation is 1. The maximum Gasteiger partial charge on any atom is 1.00 e. The van der Waals surface area contributed by atoms with Crippen molar-refractivity contribution in [2.75, 3.05) is 30.1 Å². The predicted octanol–water partition coefficient (Wildman–Crippen LogP) is -5.03. The number of benzene rings is 4. The average Bonchev–Trinajstić information content (AvgIpc) is 3.05. The second-order valence-corrected chi connectivity index (χ2v) is 17.0. The third kappa shape index (κ3) is 13.8. The van der Waals surface area contributed by atoms with Crippen LogP contribution in [-0.4, -0.2) is 81.8 Å². The van der Waals surface area contributed by atoms with Gasteiger partial charge in [0, 0.05) is 22.5 Å². The Balaban J connectivity index is 0.00000374. The Morgan fingerprint density at radius 2 is 1.37 bits per heavy atom. The quantitative estimate of drug-likeness (QED) is 0.0456. The van der Waals surface area contributed by atoms with Crippen LogP contribution < -0.4 is 104 Å². The van der Waals surface area contributed by atoms with E-state index >= 15 is 0 Å². The van der Waals surface area contributed by atoms with Gasteiger partial charge >= 0.3 is 88.7 Å². The predicted molar refractivity (Wildman–Crippen MR) is 187 cm³/mol. The van der Waals surface area contributed by atoms with Crippen molar-refractivity contribution in [2.24, 2.45) is 10.2 Å². The summed E-state index contributed by atoms with van der Waals surface area (Å²) in [6.45, 7) is 0.741. The standard InChI is InChI=1S/C29H26ClN7O13S4.3Na/c1-16-11-23(32-29-34-27(30)33-28(35-29)31-17-5-3-6-19(12-17)51(38,39)10-9-50-54(46,47)48)24(49-2)15-22(16)37-36-18-13-21-20(26(14-18)53(43,44)45)7-4-8-25(21)52(40,41)42;;;/h3-8,11-15H,9-10H2,1-2H3,(H,40,41,42)(H,43,44,45)(H,46,47,48)(H2,31,32,33,34,35);;;/q;3*+1/p-3. The molecule has 20 nitrogen and oxygen atoms in total. The fraction of sp³-hybridized carbons (Fsp3) is 0.138. The topological polar surface area (TPSA) is 312 Å². The van der Waals surface area contributed by atoms with E-state index in [-0.39, 0.29) is 150 Å². The van der Waals surface area contributed by atoms with Crippen molar-refractivity contribution in [1.29, 1.82) is 0 Å². The van der Waals surface area contributed by atoms with Crippen LogP contribution >= 0.6 is 11.6 Å². The number of hydrogen-bond acceptors (Lipinski definition) is 20. The summed E-state index contributed by atoms with van der Waals surface area (Å²) in [6.07, 6.45) is 0. The molecule has 5 rings (SSSR count). The SMILES string of the molecule is COc1cc(N=Nc2cc(S(=O)(=O)[O-])c3cccc(S(=O)(=O)[O-])c3c2)c(C)cc1Nc1nc(Cl)nc(Nc2cccc(S(=O)(=O)CCOS(=O)(=O)[O-])c2)n1.[Na+].[Na+].[Na+]. The summed E-state index contributed by atoms with van der Waals surface area (Å²) >= 11 is 6.13. The third-order valence-electron chi connectivity index (χ3n) is 7.12. The molecule has 28 heteroatoms. The van der Waals surface area contributed by atoms with Crippen LogP contribution in [0.15, 0.2) is 91.6 Å². The fourth-order valence-corrected chi connectivity index (χ4v) is 7.88. The molecule has 286 valence electrons. The van der Waals surface area contributed by atoms with Gasteiger partial charge in [0.25, 0.3) is 0 Å². The Morgan fingerprint density at radius 3 is 1.98 bits per heavy atom. The molecular weight excluding hydrogens is 887 g/mol. The van der Waals surface area contributed by atoms with Crippen LogP contribution in [0.1, 0.15) is 5.56 Å². The first kappa shape index (κ1) is 51.2. The van der Waals surface area contributed by atoms with Gasteiger partial charge in [0.05, 0.1) is 51.2 Å². The molecule has 0 aliphatic rings. The summed E-state index contributed by atoms with van der Waals surface area (Å²) in [5.41, 5.74) is 0.855. The van der Waals surface area contributed by atoms with Crippen LogP contribution in [0, 0.1) is 6.92 Å². The second-order valence-electron chi connectivity index (χ2n) is 10.8. The molecule has 0 bridgehead atoms. The minimum absolute atomic E-state index is 0. The number of aromatic nitrogens is 3. The maximum absolute atomic E-state index is 12.6. The molecule has 0 saturated carbocycles. The molecule has 0 saturated heterocycles. The third-order valence-corrected chi connectivity index (χ3v) is 11.2. The Bertz CT molecular complexity index is 2790. The minimum atomic E-state index is -5.15. The number of nitrogens with zero attached hydrogens (tertiary/aromatic N) is 5. The normalized spacial score (nSPS) is 12.0. The smallest absolute Gasteiger partial charge is 0.744 e. The van der Waals surface area contributed by atoms with Crippen molar-refractivity contribution < 1.29 is 145 Å². The monoisotopic (exact) mass is 909 g/mol. The number of halogens is 1. The molecule has 0 aliphatic heterocycles. The Labute approximate surface area is 397 Å². The fourth-order valence-electron chi connectivity index (χ4n) is 4.80. The first-order chi connectivity index (χ1) is 25.1. The molecule has 0 unspecified atom stereocenters. The van der Waals surface area contributed by atoms with Gasteiger partial charge in [-0.2, -0.15) is 25.2 Å². The number of hydrogen-bond donors (Lipinski definition) is 2. The van der Waals surface area contributed by atoms with Gasteiger partial charge in [-0.25, -0.2) is 33.7 Å². The summed E-state index contributed by atoms with van der Waals surface area (Å²) in [5.74, 6) is -0.863. The van der Waals surface area contributed by atoms with Gasteiger partial charge in [0.15, 0.2) is 9.84 Å². The zero-order chi connectivity index (χ0) is 39.6. The number of anilines is 4. The van der Waals surface area contributed by atoms with E-state index in [0.29, 0.717) is 5.56 Å². The number of rotatable bonds is 14. The molecule has 1 heterocycles. The maximum atomic E-state index is 12.6. The molecular formula is C29H23ClN7Na3O13S4. The molecule has 1 aromatic heterocycles. The van der Waals surface area contributed by atoms with Crippen molar-refractivity contribution in [2.45, 2.75) is 21.6 Å². The van der Waals surface area contributed by atoms with Gasteiger partial charge < -0.3 is 29.0 Å². The average molecular weight is 910 g/mol. The van der Waals surface area contributed by atoms with Gasteiger partial charge in [-0.05, 0) is 66.6 Å². The van der Waals surface area contributed by atoms with Crippen LogP contribution in [0.3, 0.4) is 0 Å². The molecule has 5 aromatic rings. The Kier molecular flexibility index (Phi) is 18.5. The van der Waals surface area contributed by atoms with Crippen LogP contribution in [0.5, 0.6) is 5.75 Å². The largest absolute Gasteiger partial charge is 1.00 e. The summed E-state index contributed by atoms with van der Waals surface area (Å²) < 4.78 is 138. The van der Waals surface area contributed by atoms with E-state index in [1.54, 1.807) is 13.0 Å². The van der Waals surface area contributed by atoms with E-state index in [9.17, 15) is 47.3 Å². The Hall–Kier alpha value is -1.92. The molecule has 0 fully saturated rings. The zero-order valence-corrected chi connectivity index (χ0v) is 40.3. The second kappa shape index (κ2) is 20.6. The van der Waals surface area contributed by atoms with E-state index < -0.39 is 62.6 Å². The summed E-state index contributed by atoms with van der Waals surface area (Å²) in [6, 6.07) is 13.5. The summed E-state index contributed by atoms with van der Waals surface area (Å²) in [7, 11) is -18.1. The molecule has 2 N–H and O–H groups in total. The number of azo groups is 1. The van der Waals surface area contributed by atoms with Crippen molar-refractivity contribution in [1.82, 2.24) is 15.0 Å². The van der Waals surface area contributed by atoms with Crippen molar-refractivity contribution in [3.63, 3.8) is 0 Å². The van der Waals surface area contributed by atoms with E-state index in [0.717, 1.165) is 24.3 Å². The molecule has 0 amide bonds. The summed E-state index contributed by atoms with van der Waals surface area (Å²) in [4.78, 5) is 10.5. The van der Waals surface area contributed by atoms with E-state index in [1.807, 2.05) is 0 Å². The molecule has 0 spiro atoms. The van der Waals surface area contributed by atoms with Gasteiger partial charge in [0.2, 0.25) is 27.6 Å². The molecule has 4 aromatic carbocycles. The van der Waals surface area contributed by atoms with Crippen LogP contribution in [0.2, 0.25) is 5.28 Å². The minimum Gasteiger partial charge on any atom is -0.744 e. The molecule has 0 aliphatic carbocycles. The van der Waals surface area contributed by atoms with Crippen LogP contribution in [0.25, 0.3) is 10.8 Å². The molecule has 57 heavy (non-hydrogen) atoms. The molecule has 0 atom stereocenters. The van der Waals surface area contributed by atoms with Gasteiger partial charge in [0.1, 0.15) is 26.0 Å². The van der Waals surface area contributed by atoms with Crippen LogP contribution in [0.4, 0.5) is 34.6 Å². The number of fused-ring (bicyclic) bond motifs is 1. The van der Waals surface area contributed by atoms with E-state index in [1.165, 1.54) is 43.5 Å². The molecule has 0 radical (unpaired) electrons. The van der Waals surface area contributed by atoms with Crippen molar-refractivity contribution in [3.05, 3.63) is 77.6 Å². The summed E-state index contributed by atoms with van der Waals surface area (Å²) in [5, 5.41) is 12.9. The number of ether oxygens (including phenoxy) is 1. The first-order valence-electron chi connectivity index (χ1n) is 14.6.